The fourth-order valence-electron chi connectivity index (χ4n) is 2.02. The van der Waals surface area contributed by atoms with Crippen molar-refractivity contribution < 1.29 is 14.3 Å². The third-order valence-corrected chi connectivity index (χ3v) is 3.91. The lowest BCUT2D eigenvalue weighted by Crippen LogP contribution is -2.57. The minimum Gasteiger partial charge on any atom is -0.761 e. The molecule has 0 bridgehead atoms. The number of likely N-dealkylation sites (tertiary alicyclic amines) is 1. The van der Waals surface area contributed by atoms with Gasteiger partial charge in [-0.3, -0.25) is 0 Å². The number of pyridine rings is 1. The normalized spacial score (nSPS) is 14.1. The number of rotatable bonds is 4. The third-order valence-electron chi connectivity index (χ3n) is 3.27. The Morgan fingerprint density at radius 1 is 1.26 bits per heavy atom. The van der Waals surface area contributed by atoms with Gasteiger partial charge in [-0.1, -0.05) is 0 Å². The Balaban J connectivity index is 1.46. The van der Waals surface area contributed by atoms with E-state index in [1.165, 1.54) is 4.90 Å². The molecule has 0 aliphatic carbocycles. The first-order valence-electron chi connectivity index (χ1n) is 6.87. The molecule has 3 rings (SSSR count). The van der Waals surface area contributed by atoms with Gasteiger partial charge in [-0.15, -0.1) is 0 Å². The number of benzene rings is 1. The molecule has 1 N–H and O–H groups in total. The van der Waals surface area contributed by atoms with Crippen LogP contribution in [0.5, 0.6) is 11.6 Å². The summed E-state index contributed by atoms with van der Waals surface area (Å²) in [7, 11) is 0. The molecule has 7 nitrogen and oxygen atoms in total. The maximum absolute atomic E-state index is 11.9. The monoisotopic (exact) mass is 426 g/mol. The van der Waals surface area contributed by atoms with Gasteiger partial charge >= 0.3 is 6.09 Å². The predicted octanol–water partition coefficient (Wildman–Crippen LogP) is 2.86. The lowest BCUT2D eigenvalue weighted by Gasteiger charge is -2.37. The summed E-state index contributed by atoms with van der Waals surface area (Å²) < 4.78 is 11.9. The number of hydrogen-bond acceptors (Lipinski definition) is 6. The van der Waals surface area contributed by atoms with Gasteiger partial charge in [-0.2, -0.15) is 0 Å². The van der Waals surface area contributed by atoms with Crippen LogP contribution >= 0.6 is 22.6 Å². The van der Waals surface area contributed by atoms with Gasteiger partial charge < -0.3 is 25.1 Å². The van der Waals surface area contributed by atoms with Crippen LogP contribution in [0, 0.1) is 8.78 Å². The number of nitrogens with zero attached hydrogens (tertiary/aromatic N) is 2. The van der Waals surface area contributed by atoms with Gasteiger partial charge in [0.05, 0.1) is 13.1 Å². The van der Waals surface area contributed by atoms with Crippen LogP contribution in [-0.2, 0) is 0 Å². The molecule has 1 aliphatic heterocycles. The van der Waals surface area contributed by atoms with E-state index in [-0.39, 0.29) is 6.10 Å². The zero-order chi connectivity index (χ0) is 16.2. The van der Waals surface area contributed by atoms with E-state index >= 15 is 0 Å². The Kier molecular flexibility index (Phi) is 4.82. The van der Waals surface area contributed by atoms with E-state index in [4.69, 9.17) is 9.47 Å². The lowest BCUT2D eigenvalue weighted by molar-refractivity contribution is 0.0258. The minimum absolute atomic E-state index is 0.0813. The predicted molar refractivity (Wildman–Crippen MR) is 92.4 cm³/mol. The molecule has 1 aliphatic rings. The maximum atomic E-state index is 11.9. The molecule has 0 saturated carbocycles. The van der Waals surface area contributed by atoms with Crippen molar-refractivity contribution in [1.82, 2.24) is 9.88 Å². The first-order chi connectivity index (χ1) is 11.1. The van der Waals surface area contributed by atoms with Crippen molar-refractivity contribution in [3.8, 4) is 11.6 Å². The molecule has 23 heavy (non-hydrogen) atoms. The lowest BCUT2D eigenvalue weighted by atomic mass is 10.2. The Bertz CT molecular complexity index is 672. The molecule has 1 aromatic heterocycles. The number of carbonyl (C=O) groups excluding carboxylic acids is 1. The van der Waals surface area contributed by atoms with Gasteiger partial charge in [-0.25, -0.2) is 9.78 Å². The summed E-state index contributed by atoms with van der Waals surface area (Å²) >= 11 is 2.17. The summed E-state index contributed by atoms with van der Waals surface area (Å²) in [5.74, 6) is 0.932. The topological polar surface area (TPSA) is 86.8 Å². The van der Waals surface area contributed by atoms with Gasteiger partial charge in [0.25, 0.3) is 0 Å². The van der Waals surface area contributed by atoms with E-state index in [0.29, 0.717) is 30.4 Å². The van der Waals surface area contributed by atoms with Crippen LogP contribution in [0.4, 0.5) is 10.5 Å². The molecule has 2 heterocycles. The summed E-state index contributed by atoms with van der Waals surface area (Å²) in [6.07, 6.45) is 1.20. The first kappa shape index (κ1) is 15.8. The van der Waals surface area contributed by atoms with Gasteiger partial charge in [-0.05, 0) is 52.9 Å². The van der Waals surface area contributed by atoms with Crippen molar-refractivity contribution in [2.45, 2.75) is 6.10 Å². The summed E-state index contributed by atoms with van der Waals surface area (Å²) in [5.41, 5.74) is 2.17. The van der Waals surface area contributed by atoms with E-state index < -0.39 is 6.09 Å². The standard InChI is InChI=1S/C15H13IN3O4/c16-10-1-6-14(17-7-10)22-13-8-19(9-13)15(20)23-12-4-2-11(18-21)3-5-12/h1-7,13,18H,8-9H2/q-1. The minimum atomic E-state index is -0.441. The van der Waals surface area contributed by atoms with Crippen molar-refractivity contribution in [2.75, 3.05) is 18.6 Å². The Morgan fingerprint density at radius 3 is 2.61 bits per heavy atom. The molecule has 1 saturated heterocycles. The van der Waals surface area contributed by atoms with Crippen LogP contribution in [0.25, 0.3) is 0 Å². The number of amides is 1. The smallest absolute Gasteiger partial charge is 0.415 e. The van der Waals surface area contributed by atoms with Gasteiger partial charge in [0.2, 0.25) is 5.88 Å². The molecule has 0 spiro atoms. The van der Waals surface area contributed by atoms with Crippen LogP contribution in [-0.4, -0.2) is 35.2 Å². The van der Waals surface area contributed by atoms with Gasteiger partial charge in [0.15, 0.2) is 0 Å². The number of aromatic nitrogens is 1. The number of halogens is 1. The molecule has 0 unspecified atom stereocenters. The molecule has 120 valence electrons. The van der Waals surface area contributed by atoms with E-state index in [9.17, 15) is 10.0 Å². The molecular weight excluding hydrogens is 413 g/mol. The molecule has 0 atom stereocenters. The molecular formula is C15H13IN3O4-. The van der Waals surface area contributed by atoms with Crippen molar-refractivity contribution in [1.29, 1.82) is 0 Å². The van der Waals surface area contributed by atoms with Crippen LogP contribution < -0.4 is 15.0 Å². The number of ether oxygens (including phenoxy) is 2. The molecule has 1 fully saturated rings. The highest BCUT2D eigenvalue weighted by atomic mass is 127. The zero-order valence-electron chi connectivity index (χ0n) is 11.9. The Morgan fingerprint density at radius 2 is 2.00 bits per heavy atom. The molecule has 0 radical (unpaired) electrons. The molecule has 8 heteroatoms. The van der Waals surface area contributed by atoms with E-state index in [1.54, 1.807) is 42.0 Å². The largest absolute Gasteiger partial charge is 0.761 e. The summed E-state index contributed by atoms with van der Waals surface area (Å²) in [4.78, 5) is 17.6. The van der Waals surface area contributed by atoms with Crippen molar-refractivity contribution in [3.05, 3.63) is 51.4 Å². The second kappa shape index (κ2) is 7.01. The van der Waals surface area contributed by atoms with Crippen LogP contribution in [0.1, 0.15) is 0 Å². The third kappa shape index (κ3) is 4.02. The van der Waals surface area contributed by atoms with Crippen LogP contribution in [0.2, 0.25) is 0 Å². The second-order valence-corrected chi connectivity index (χ2v) is 6.20. The SMILES string of the molecule is O=C(Oc1ccc(N[O-])cc1)N1CC(Oc2ccc(I)cn2)C1. The molecule has 1 amide bonds. The van der Waals surface area contributed by atoms with Crippen LogP contribution in [0.15, 0.2) is 42.6 Å². The number of carbonyl (C=O) groups is 1. The summed E-state index contributed by atoms with van der Waals surface area (Å²) in [6.45, 7) is 0.902. The first-order valence-corrected chi connectivity index (χ1v) is 7.95. The highest BCUT2D eigenvalue weighted by Crippen LogP contribution is 2.20. The number of hydrogen-bond donors (Lipinski definition) is 1. The van der Waals surface area contributed by atoms with Gasteiger partial charge in [0, 0.05) is 21.5 Å². The highest BCUT2D eigenvalue weighted by molar-refractivity contribution is 14.1. The quantitative estimate of drug-likeness (QED) is 0.598. The zero-order valence-corrected chi connectivity index (χ0v) is 14.1. The van der Waals surface area contributed by atoms with E-state index in [0.717, 1.165) is 3.57 Å². The van der Waals surface area contributed by atoms with E-state index in [2.05, 4.69) is 27.6 Å². The Hall–Kier alpha value is -2.07. The fourth-order valence-corrected chi connectivity index (χ4v) is 2.34. The molecule has 2 aromatic rings. The number of nitrogens with one attached hydrogen (secondary N) is 1. The summed E-state index contributed by atoms with van der Waals surface area (Å²) in [6, 6.07) is 9.91. The number of anilines is 1. The van der Waals surface area contributed by atoms with Crippen LogP contribution in [0.3, 0.4) is 0 Å². The second-order valence-electron chi connectivity index (χ2n) is 4.95. The maximum Gasteiger partial charge on any atom is 0.415 e. The van der Waals surface area contributed by atoms with E-state index in [1.807, 2.05) is 6.07 Å². The highest BCUT2D eigenvalue weighted by Gasteiger charge is 2.33. The van der Waals surface area contributed by atoms with Crippen molar-refractivity contribution >= 4 is 34.4 Å². The fraction of sp³-hybridized carbons (Fsp3) is 0.200. The molecule has 1 aromatic carbocycles. The Labute approximate surface area is 146 Å². The average molecular weight is 426 g/mol. The van der Waals surface area contributed by atoms with Crippen molar-refractivity contribution in [3.63, 3.8) is 0 Å². The average Bonchev–Trinajstić information content (AvgIpc) is 2.53. The van der Waals surface area contributed by atoms with Crippen molar-refractivity contribution in [2.24, 2.45) is 0 Å². The summed E-state index contributed by atoms with van der Waals surface area (Å²) in [5, 5.41) is 10.4. The van der Waals surface area contributed by atoms with Gasteiger partial charge in [0.1, 0.15) is 11.9 Å².